The Morgan fingerprint density at radius 2 is 1.93 bits per heavy atom. The summed E-state index contributed by atoms with van der Waals surface area (Å²) >= 11 is 2.05. The average molecular weight is 478 g/mol. The summed E-state index contributed by atoms with van der Waals surface area (Å²) in [7, 11) is 1.29. The molecule has 0 atom stereocenters. The maximum absolute atomic E-state index is 12.6. The lowest BCUT2D eigenvalue weighted by molar-refractivity contribution is -0.143. The second-order valence-corrected chi connectivity index (χ2v) is 6.69. The van der Waals surface area contributed by atoms with Gasteiger partial charge in [-0.05, 0) is 58.5 Å². The molecule has 2 aromatic rings. The molecule has 27 heavy (non-hydrogen) atoms. The van der Waals surface area contributed by atoms with Crippen molar-refractivity contribution in [2.24, 2.45) is 0 Å². The average Bonchev–Trinajstić information content (AvgIpc) is 2.96. The number of benzene rings is 2. The molecule has 0 aromatic heterocycles. The maximum atomic E-state index is 12.6. The quantitative estimate of drug-likeness (QED) is 0.309. The SMILES string of the molecule is COC(=O)COc1ccc(C=C2C(=O)NN(c3ccccc3)C2=O)cc1I. The van der Waals surface area contributed by atoms with E-state index in [-0.39, 0.29) is 12.2 Å². The maximum Gasteiger partial charge on any atom is 0.343 e. The van der Waals surface area contributed by atoms with Gasteiger partial charge in [0.05, 0.1) is 16.4 Å². The number of carbonyl (C=O) groups excluding carboxylic acids is 3. The topological polar surface area (TPSA) is 84.9 Å². The highest BCUT2D eigenvalue weighted by Gasteiger charge is 2.34. The second-order valence-electron chi connectivity index (χ2n) is 5.53. The lowest BCUT2D eigenvalue weighted by atomic mass is 10.1. The van der Waals surface area contributed by atoms with Gasteiger partial charge < -0.3 is 9.47 Å². The largest absolute Gasteiger partial charge is 0.481 e. The zero-order valence-corrected chi connectivity index (χ0v) is 16.4. The first kappa shape index (κ1) is 18.9. The molecule has 0 unspecified atom stereocenters. The van der Waals surface area contributed by atoms with E-state index in [2.05, 4.69) is 32.8 Å². The number of ether oxygens (including phenoxy) is 2. The first-order valence-electron chi connectivity index (χ1n) is 7.91. The Morgan fingerprint density at radius 1 is 1.19 bits per heavy atom. The van der Waals surface area contributed by atoms with Crippen molar-refractivity contribution in [2.45, 2.75) is 0 Å². The van der Waals surface area contributed by atoms with Crippen molar-refractivity contribution in [3.05, 3.63) is 63.2 Å². The second kappa shape index (κ2) is 8.21. The van der Waals surface area contributed by atoms with Gasteiger partial charge in [0, 0.05) is 0 Å². The van der Waals surface area contributed by atoms with Crippen molar-refractivity contribution in [1.29, 1.82) is 0 Å². The minimum Gasteiger partial charge on any atom is -0.481 e. The highest BCUT2D eigenvalue weighted by molar-refractivity contribution is 14.1. The third-order valence-corrected chi connectivity index (χ3v) is 4.59. The Hall–Kier alpha value is -2.88. The number of methoxy groups -OCH3 is 1. The lowest BCUT2D eigenvalue weighted by Gasteiger charge is -2.13. The van der Waals surface area contributed by atoms with E-state index in [4.69, 9.17) is 4.74 Å². The molecule has 138 valence electrons. The van der Waals surface area contributed by atoms with Crippen molar-refractivity contribution >= 4 is 52.1 Å². The molecule has 1 aliphatic heterocycles. The molecule has 3 rings (SSSR count). The van der Waals surface area contributed by atoms with E-state index >= 15 is 0 Å². The summed E-state index contributed by atoms with van der Waals surface area (Å²) in [5.41, 5.74) is 3.84. The molecule has 0 saturated carbocycles. The molecule has 2 amide bonds. The van der Waals surface area contributed by atoms with Crippen LogP contribution in [0.5, 0.6) is 5.75 Å². The summed E-state index contributed by atoms with van der Waals surface area (Å²) in [6, 6.07) is 14.0. The van der Waals surface area contributed by atoms with Crippen LogP contribution in [0.1, 0.15) is 5.56 Å². The predicted molar refractivity (Wildman–Crippen MR) is 107 cm³/mol. The fourth-order valence-electron chi connectivity index (χ4n) is 2.40. The molecular weight excluding hydrogens is 463 g/mol. The minimum absolute atomic E-state index is 0.0397. The molecule has 0 spiro atoms. The van der Waals surface area contributed by atoms with Crippen LogP contribution < -0.4 is 15.2 Å². The van der Waals surface area contributed by atoms with Crippen LogP contribution in [0.2, 0.25) is 0 Å². The Morgan fingerprint density at radius 3 is 2.59 bits per heavy atom. The zero-order valence-electron chi connectivity index (χ0n) is 14.3. The fraction of sp³-hybridized carbons (Fsp3) is 0.105. The Labute approximate surface area is 169 Å². The van der Waals surface area contributed by atoms with Crippen LogP contribution in [0.4, 0.5) is 5.69 Å². The number of hydrazine groups is 1. The summed E-state index contributed by atoms with van der Waals surface area (Å²) in [5, 5.41) is 1.22. The molecule has 1 saturated heterocycles. The normalized spacial score (nSPS) is 15.0. The van der Waals surface area contributed by atoms with E-state index in [0.717, 1.165) is 3.57 Å². The van der Waals surface area contributed by atoms with Crippen LogP contribution in [0.15, 0.2) is 54.1 Å². The van der Waals surface area contributed by atoms with Gasteiger partial charge in [-0.2, -0.15) is 0 Å². The van der Waals surface area contributed by atoms with E-state index in [1.807, 2.05) is 6.07 Å². The molecule has 8 heteroatoms. The summed E-state index contributed by atoms with van der Waals surface area (Å²) < 4.78 is 10.6. The molecule has 0 aliphatic carbocycles. The molecule has 1 aliphatic rings. The number of esters is 1. The molecule has 0 radical (unpaired) electrons. The van der Waals surface area contributed by atoms with Gasteiger partial charge in [0.25, 0.3) is 11.8 Å². The van der Waals surface area contributed by atoms with E-state index in [0.29, 0.717) is 17.0 Å². The smallest absolute Gasteiger partial charge is 0.343 e. The van der Waals surface area contributed by atoms with Crippen LogP contribution >= 0.6 is 22.6 Å². The molecule has 1 fully saturated rings. The number of carbonyl (C=O) groups is 3. The predicted octanol–water partition coefficient (Wildman–Crippen LogP) is 2.30. The first-order valence-corrected chi connectivity index (χ1v) is 8.99. The van der Waals surface area contributed by atoms with Crippen molar-refractivity contribution in [3.8, 4) is 5.75 Å². The van der Waals surface area contributed by atoms with Gasteiger partial charge in [0.15, 0.2) is 6.61 Å². The number of para-hydroxylation sites is 1. The molecule has 0 bridgehead atoms. The minimum atomic E-state index is -0.480. The Kier molecular flexibility index (Phi) is 5.75. The van der Waals surface area contributed by atoms with Crippen LogP contribution in [0, 0.1) is 3.57 Å². The van der Waals surface area contributed by atoms with E-state index in [1.54, 1.807) is 42.5 Å². The van der Waals surface area contributed by atoms with E-state index in [9.17, 15) is 14.4 Å². The van der Waals surface area contributed by atoms with Gasteiger partial charge in [0.2, 0.25) is 0 Å². The van der Waals surface area contributed by atoms with Crippen molar-refractivity contribution in [2.75, 3.05) is 18.7 Å². The number of halogens is 1. The molecule has 7 nitrogen and oxygen atoms in total. The van der Waals surface area contributed by atoms with E-state index in [1.165, 1.54) is 18.2 Å². The van der Waals surface area contributed by atoms with Crippen LogP contribution in [0.3, 0.4) is 0 Å². The highest BCUT2D eigenvalue weighted by Crippen LogP contribution is 2.25. The number of hydrogen-bond donors (Lipinski definition) is 1. The van der Waals surface area contributed by atoms with Gasteiger partial charge >= 0.3 is 5.97 Å². The van der Waals surface area contributed by atoms with Crippen molar-refractivity contribution in [3.63, 3.8) is 0 Å². The third-order valence-electron chi connectivity index (χ3n) is 3.75. The van der Waals surface area contributed by atoms with Gasteiger partial charge in [0.1, 0.15) is 11.3 Å². The van der Waals surface area contributed by atoms with Gasteiger partial charge in [-0.25, -0.2) is 9.80 Å². The van der Waals surface area contributed by atoms with Crippen molar-refractivity contribution < 1.29 is 23.9 Å². The molecule has 1 heterocycles. The zero-order chi connectivity index (χ0) is 19.4. The number of nitrogens with zero attached hydrogens (tertiary/aromatic N) is 1. The summed E-state index contributed by atoms with van der Waals surface area (Å²) in [6.45, 7) is -0.195. The van der Waals surface area contributed by atoms with Gasteiger partial charge in [-0.1, -0.05) is 24.3 Å². The highest BCUT2D eigenvalue weighted by atomic mass is 127. The standard InChI is InChI=1S/C19H15IN2O5/c1-26-17(23)11-27-16-8-7-12(10-15(16)20)9-14-18(24)21-22(19(14)25)13-5-3-2-4-6-13/h2-10H,11H2,1H3,(H,21,24). The molecule has 1 N–H and O–H groups in total. The van der Waals surface area contributed by atoms with Gasteiger partial charge in [-0.3, -0.25) is 15.0 Å². The Balaban J connectivity index is 1.80. The van der Waals surface area contributed by atoms with Crippen LogP contribution in [-0.4, -0.2) is 31.5 Å². The number of amides is 2. The number of rotatable bonds is 5. The van der Waals surface area contributed by atoms with Gasteiger partial charge in [-0.15, -0.1) is 0 Å². The number of hydrogen-bond acceptors (Lipinski definition) is 5. The van der Waals surface area contributed by atoms with Crippen LogP contribution in [0.25, 0.3) is 6.08 Å². The third kappa shape index (κ3) is 4.27. The Bertz CT molecular complexity index is 927. The molecular formula is C19H15IN2O5. The van der Waals surface area contributed by atoms with Crippen LogP contribution in [-0.2, 0) is 19.1 Å². The van der Waals surface area contributed by atoms with Crippen molar-refractivity contribution in [1.82, 2.24) is 5.43 Å². The molecule has 2 aromatic carbocycles. The summed E-state index contributed by atoms with van der Waals surface area (Å²) in [6.07, 6.45) is 1.52. The lowest BCUT2D eigenvalue weighted by Crippen LogP contribution is -2.35. The number of anilines is 1. The number of nitrogens with one attached hydrogen (secondary N) is 1. The first-order chi connectivity index (χ1) is 13.0. The summed E-state index contributed by atoms with van der Waals surface area (Å²) in [4.78, 5) is 36.0. The summed E-state index contributed by atoms with van der Waals surface area (Å²) in [5.74, 6) is -0.861. The fourth-order valence-corrected chi connectivity index (χ4v) is 3.10. The van der Waals surface area contributed by atoms with E-state index < -0.39 is 17.8 Å². The monoisotopic (exact) mass is 478 g/mol.